The van der Waals surface area contributed by atoms with Crippen LogP contribution in [0, 0.1) is 17.3 Å². The summed E-state index contributed by atoms with van der Waals surface area (Å²) in [7, 11) is 3.14. The van der Waals surface area contributed by atoms with Crippen LogP contribution in [0.2, 0.25) is 0 Å². The summed E-state index contributed by atoms with van der Waals surface area (Å²) in [5.74, 6) is 2.08. The summed E-state index contributed by atoms with van der Waals surface area (Å²) in [6.07, 6.45) is 6.82. The summed E-state index contributed by atoms with van der Waals surface area (Å²) < 4.78 is 21.0. The van der Waals surface area contributed by atoms with E-state index in [1.807, 2.05) is 30.4 Å². The molecule has 3 aliphatic rings. The van der Waals surface area contributed by atoms with E-state index in [4.69, 9.17) is 18.9 Å². The van der Waals surface area contributed by atoms with Crippen molar-refractivity contribution in [3.63, 3.8) is 0 Å². The van der Waals surface area contributed by atoms with Gasteiger partial charge in [-0.2, -0.15) is 0 Å². The smallest absolute Gasteiger partial charge is 0.188 e. The molecule has 0 aromatic heterocycles. The van der Waals surface area contributed by atoms with Crippen molar-refractivity contribution < 1.29 is 23.7 Å². The molecule has 0 saturated heterocycles. The molecule has 3 aliphatic carbocycles. The Balaban J connectivity index is 1.79. The standard InChI is InChI=1S/C21H26O5/c1-21(2)16-11-17(21)18(22)10-15(16)7-5-14-6-8-19(25-12-23-3)20(9-14)26-13-24-4/h5-10,16-17H,11-13H2,1-4H3/t16-,17+/m0/s1. The average molecular weight is 358 g/mol. The van der Waals surface area contributed by atoms with Crippen LogP contribution in [0.5, 0.6) is 11.5 Å². The molecule has 1 aromatic rings. The van der Waals surface area contributed by atoms with Crippen LogP contribution in [0.15, 0.2) is 35.9 Å². The summed E-state index contributed by atoms with van der Waals surface area (Å²) in [5, 5.41) is 0. The van der Waals surface area contributed by atoms with Gasteiger partial charge in [-0.05, 0) is 47.1 Å². The number of rotatable bonds is 8. The Morgan fingerprint density at radius 2 is 1.73 bits per heavy atom. The van der Waals surface area contributed by atoms with Crippen LogP contribution in [0.3, 0.4) is 0 Å². The van der Waals surface area contributed by atoms with E-state index in [1.165, 1.54) is 0 Å². The molecule has 2 bridgehead atoms. The molecule has 140 valence electrons. The van der Waals surface area contributed by atoms with Gasteiger partial charge in [-0.1, -0.05) is 32.1 Å². The number of hydrogen-bond acceptors (Lipinski definition) is 5. The average Bonchev–Trinajstić information content (AvgIpc) is 2.62. The Bertz CT molecular complexity index is 732. The molecule has 1 aromatic carbocycles. The Hall–Kier alpha value is -2.11. The molecule has 26 heavy (non-hydrogen) atoms. The number of carbonyl (C=O) groups is 1. The van der Waals surface area contributed by atoms with Gasteiger partial charge in [-0.15, -0.1) is 0 Å². The van der Waals surface area contributed by atoms with Crippen molar-refractivity contribution in [2.75, 3.05) is 27.8 Å². The van der Waals surface area contributed by atoms with Crippen LogP contribution in [-0.2, 0) is 14.3 Å². The summed E-state index contributed by atoms with van der Waals surface area (Å²) in [6.45, 7) is 4.64. The predicted octanol–water partition coefficient (Wildman–Crippen LogP) is 3.84. The van der Waals surface area contributed by atoms with Crippen molar-refractivity contribution in [2.24, 2.45) is 17.3 Å². The van der Waals surface area contributed by atoms with E-state index in [9.17, 15) is 4.79 Å². The zero-order chi connectivity index (χ0) is 18.7. The fourth-order valence-corrected chi connectivity index (χ4v) is 3.80. The SMILES string of the molecule is COCOc1ccc(C=CC2=CC(=O)[C@H]3C[C@@H]2C3(C)C)cc1OCOC. The third-order valence-corrected chi connectivity index (χ3v) is 5.42. The molecule has 0 radical (unpaired) electrons. The van der Waals surface area contributed by atoms with E-state index >= 15 is 0 Å². The zero-order valence-corrected chi connectivity index (χ0v) is 15.8. The first-order chi connectivity index (χ1) is 12.5. The minimum absolute atomic E-state index is 0.0656. The predicted molar refractivity (Wildman–Crippen MR) is 99.0 cm³/mol. The van der Waals surface area contributed by atoms with Gasteiger partial charge in [-0.3, -0.25) is 4.79 Å². The van der Waals surface area contributed by atoms with Crippen LogP contribution in [0.25, 0.3) is 6.08 Å². The lowest BCUT2D eigenvalue weighted by Gasteiger charge is -2.54. The molecule has 2 atom stereocenters. The largest absolute Gasteiger partial charge is 0.464 e. The number of hydrogen-bond donors (Lipinski definition) is 0. The topological polar surface area (TPSA) is 54.0 Å². The maximum atomic E-state index is 12.2. The zero-order valence-electron chi connectivity index (χ0n) is 15.8. The highest BCUT2D eigenvalue weighted by molar-refractivity contribution is 5.96. The minimum atomic E-state index is 0.0656. The fourth-order valence-electron chi connectivity index (χ4n) is 3.80. The van der Waals surface area contributed by atoms with E-state index in [0.717, 1.165) is 17.6 Å². The number of carbonyl (C=O) groups excluding carboxylic acids is 1. The van der Waals surface area contributed by atoms with Gasteiger partial charge in [0.25, 0.3) is 0 Å². The third kappa shape index (κ3) is 3.55. The van der Waals surface area contributed by atoms with Crippen molar-refractivity contribution in [2.45, 2.75) is 20.3 Å². The molecule has 1 saturated carbocycles. The van der Waals surface area contributed by atoms with Crippen molar-refractivity contribution in [3.8, 4) is 11.5 Å². The maximum Gasteiger partial charge on any atom is 0.188 e. The van der Waals surface area contributed by atoms with E-state index in [1.54, 1.807) is 20.3 Å². The van der Waals surface area contributed by atoms with Crippen molar-refractivity contribution in [1.82, 2.24) is 0 Å². The molecule has 4 rings (SSSR count). The molecule has 1 fully saturated rings. The van der Waals surface area contributed by atoms with Crippen LogP contribution in [0.1, 0.15) is 25.8 Å². The number of ether oxygens (including phenoxy) is 4. The van der Waals surface area contributed by atoms with E-state index in [0.29, 0.717) is 17.4 Å². The Kier molecular flexibility index (Phi) is 5.49. The lowest BCUT2D eigenvalue weighted by atomic mass is 9.48. The molecule has 0 aliphatic heterocycles. The van der Waals surface area contributed by atoms with Gasteiger partial charge in [0, 0.05) is 20.1 Å². The van der Waals surface area contributed by atoms with E-state index < -0.39 is 0 Å². The van der Waals surface area contributed by atoms with Gasteiger partial charge < -0.3 is 18.9 Å². The second-order valence-corrected chi connectivity index (χ2v) is 7.35. The molecule has 0 unspecified atom stereocenters. The molecule has 5 heteroatoms. The third-order valence-electron chi connectivity index (χ3n) is 5.42. The van der Waals surface area contributed by atoms with Gasteiger partial charge in [0.1, 0.15) is 0 Å². The number of benzene rings is 1. The van der Waals surface area contributed by atoms with Crippen molar-refractivity contribution >= 4 is 11.9 Å². The molecule has 0 heterocycles. The molecule has 0 spiro atoms. The second kappa shape index (κ2) is 7.64. The van der Waals surface area contributed by atoms with Crippen LogP contribution < -0.4 is 9.47 Å². The second-order valence-electron chi connectivity index (χ2n) is 7.35. The number of allylic oxidation sites excluding steroid dienone is 3. The summed E-state index contributed by atoms with van der Waals surface area (Å²) in [5.41, 5.74) is 2.14. The highest BCUT2D eigenvalue weighted by atomic mass is 16.7. The molecule has 5 nitrogen and oxygen atoms in total. The minimum Gasteiger partial charge on any atom is -0.464 e. The number of ketones is 1. The Morgan fingerprint density at radius 3 is 2.35 bits per heavy atom. The maximum absolute atomic E-state index is 12.2. The lowest BCUT2D eigenvalue weighted by Crippen LogP contribution is -2.52. The molecule has 0 amide bonds. The van der Waals surface area contributed by atoms with Crippen LogP contribution in [0.4, 0.5) is 0 Å². The first kappa shape index (κ1) is 18.7. The van der Waals surface area contributed by atoms with Crippen LogP contribution in [-0.4, -0.2) is 33.6 Å². The van der Waals surface area contributed by atoms with E-state index in [2.05, 4.69) is 13.8 Å². The monoisotopic (exact) mass is 358 g/mol. The van der Waals surface area contributed by atoms with Gasteiger partial charge in [0.2, 0.25) is 0 Å². The fraction of sp³-hybridized carbons (Fsp3) is 0.476. The number of fused-ring (bicyclic) bond motifs is 1. The van der Waals surface area contributed by atoms with Crippen LogP contribution >= 0.6 is 0 Å². The molecular weight excluding hydrogens is 332 g/mol. The summed E-state index contributed by atoms with van der Waals surface area (Å²) in [4.78, 5) is 12.2. The van der Waals surface area contributed by atoms with Crippen molar-refractivity contribution in [1.29, 1.82) is 0 Å². The Morgan fingerprint density at radius 1 is 1.04 bits per heavy atom. The normalized spacial score (nSPS) is 23.5. The van der Waals surface area contributed by atoms with E-state index in [-0.39, 0.29) is 30.7 Å². The molecular formula is C21H26O5. The first-order valence-electron chi connectivity index (χ1n) is 8.78. The van der Waals surface area contributed by atoms with Crippen molar-refractivity contribution in [3.05, 3.63) is 41.5 Å². The highest BCUT2D eigenvalue weighted by Gasteiger charge is 2.54. The lowest BCUT2D eigenvalue weighted by molar-refractivity contribution is -0.133. The summed E-state index contributed by atoms with van der Waals surface area (Å²) in [6, 6.07) is 5.68. The van der Waals surface area contributed by atoms with Gasteiger partial charge in [0.05, 0.1) is 0 Å². The molecule has 0 N–H and O–H groups in total. The van der Waals surface area contributed by atoms with Gasteiger partial charge in [-0.25, -0.2) is 0 Å². The summed E-state index contributed by atoms with van der Waals surface area (Å²) >= 11 is 0. The highest BCUT2D eigenvalue weighted by Crippen LogP contribution is 2.58. The quantitative estimate of drug-likeness (QED) is 0.661. The Labute approximate surface area is 154 Å². The van der Waals surface area contributed by atoms with Gasteiger partial charge >= 0.3 is 0 Å². The first-order valence-corrected chi connectivity index (χ1v) is 8.78. The number of methoxy groups -OCH3 is 2. The van der Waals surface area contributed by atoms with Gasteiger partial charge in [0.15, 0.2) is 30.9 Å².